The van der Waals surface area contributed by atoms with Crippen LogP contribution in [0.1, 0.15) is 10.4 Å². The second kappa shape index (κ2) is 7.17. The van der Waals surface area contributed by atoms with Crippen LogP contribution in [0.5, 0.6) is 0 Å². The predicted octanol–water partition coefficient (Wildman–Crippen LogP) is 4.57. The fourth-order valence-electron chi connectivity index (χ4n) is 3.04. The van der Waals surface area contributed by atoms with E-state index in [4.69, 9.17) is 0 Å². The Hall–Kier alpha value is -3.86. The van der Waals surface area contributed by atoms with Crippen LogP contribution in [0.3, 0.4) is 0 Å². The molecule has 0 aliphatic heterocycles. The maximum absolute atomic E-state index is 11.7. The standard InChI is InChI=1S/C22H15N3O2/c26-22(27)17-8-2-1-7-15(17)16-9-5-13-24-20(16)21-18(10-6-14-25-21)19-11-3-4-12-23-19/h1-14H,(H,26,27). The van der Waals surface area contributed by atoms with E-state index in [2.05, 4.69) is 15.0 Å². The largest absolute Gasteiger partial charge is 0.478 e. The fourth-order valence-corrected chi connectivity index (χ4v) is 3.04. The SMILES string of the molecule is O=C(O)c1ccccc1-c1cccnc1-c1ncccc1-c1ccccn1. The maximum Gasteiger partial charge on any atom is 0.336 e. The van der Waals surface area contributed by atoms with Gasteiger partial charge in [-0.15, -0.1) is 0 Å². The zero-order chi connectivity index (χ0) is 18.6. The minimum Gasteiger partial charge on any atom is -0.478 e. The summed E-state index contributed by atoms with van der Waals surface area (Å²) in [6.45, 7) is 0. The Kier molecular flexibility index (Phi) is 4.41. The summed E-state index contributed by atoms with van der Waals surface area (Å²) in [7, 11) is 0. The molecular weight excluding hydrogens is 338 g/mol. The highest BCUT2D eigenvalue weighted by molar-refractivity contribution is 5.99. The molecule has 4 aromatic rings. The normalized spacial score (nSPS) is 10.5. The molecule has 1 N–H and O–H groups in total. The van der Waals surface area contributed by atoms with Crippen LogP contribution in [-0.2, 0) is 0 Å². The molecule has 0 unspecified atom stereocenters. The molecular formula is C22H15N3O2. The van der Waals surface area contributed by atoms with Gasteiger partial charge in [0.05, 0.1) is 22.6 Å². The Morgan fingerprint density at radius 2 is 1.22 bits per heavy atom. The molecule has 1 aromatic carbocycles. The fraction of sp³-hybridized carbons (Fsp3) is 0. The number of nitrogens with zero attached hydrogens (tertiary/aromatic N) is 3. The smallest absolute Gasteiger partial charge is 0.336 e. The van der Waals surface area contributed by atoms with E-state index in [1.807, 2.05) is 42.5 Å². The quantitative estimate of drug-likeness (QED) is 0.581. The minimum atomic E-state index is -0.980. The lowest BCUT2D eigenvalue weighted by Gasteiger charge is -2.13. The molecule has 0 bridgehead atoms. The molecule has 0 amide bonds. The van der Waals surface area contributed by atoms with Gasteiger partial charge in [-0.1, -0.05) is 30.3 Å². The van der Waals surface area contributed by atoms with Crippen LogP contribution in [0.25, 0.3) is 33.8 Å². The van der Waals surface area contributed by atoms with E-state index in [0.717, 1.165) is 11.3 Å². The first-order valence-corrected chi connectivity index (χ1v) is 8.40. The van der Waals surface area contributed by atoms with Crippen molar-refractivity contribution in [3.8, 4) is 33.8 Å². The third kappa shape index (κ3) is 3.18. The highest BCUT2D eigenvalue weighted by atomic mass is 16.4. The molecule has 0 aliphatic rings. The minimum absolute atomic E-state index is 0.224. The van der Waals surface area contributed by atoms with Gasteiger partial charge in [0.2, 0.25) is 0 Å². The first kappa shape index (κ1) is 16.6. The van der Waals surface area contributed by atoms with Gasteiger partial charge in [0.15, 0.2) is 0 Å². The van der Waals surface area contributed by atoms with Gasteiger partial charge in [-0.2, -0.15) is 0 Å². The van der Waals surface area contributed by atoms with Crippen LogP contribution < -0.4 is 0 Å². The molecule has 5 heteroatoms. The number of aromatic carboxylic acids is 1. The van der Waals surface area contributed by atoms with Gasteiger partial charge in [0, 0.05) is 29.7 Å². The number of carboxylic acids is 1. The summed E-state index contributed by atoms with van der Waals surface area (Å²) in [5, 5.41) is 9.57. The second-order valence-corrected chi connectivity index (χ2v) is 5.86. The summed E-state index contributed by atoms with van der Waals surface area (Å²) in [4.78, 5) is 25.2. The van der Waals surface area contributed by atoms with Crippen LogP contribution >= 0.6 is 0 Å². The van der Waals surface area contributed by atoms with Gasteiger partial charge < -0.3 is 5.11 Å². The van der Waals surface area contributed by atoms with E-state index < -0.39 is 5.97 Å². The van der Waals surface area contributed by atoms with Gasteiger partial charge >= 0.3 is 5.97 Å². The van der Waals surface area contributed by atoms with E-state index >= 15 is 0 Å². The Morgan fingerprint density at radius 1 is 0.630 bits per heavy atom. The molecule has 5 nitrogen and oxygen atoms in total. The highest BCUT2D eigenvalue weighted by Crippen LogP contribution is 2.35. The molecule has 0 saturated heterocycles. The number of benzene rings is 1. The van der Waals surface area contributed by atoms with Crippen molar-refractivity contribution in [1.29, 1.82) is 0 Å². The van der Waals surface area contributed by atoms with Crippen molar-refractivity contribution < 1.29 is 9.90 Å². The Morgan fingerprint density at radius 3 is 1.93 bits per heavy atom. The molecule has 0 saturated carbocycles. The summed E-state index contributed by atoms with van der Waals surface area (Å²) >= 11 is 0. The zero-order valence-electron chi connectivity index (χ0n) is 14.3. The number of aromatic nitrogens is 3. The van der Waals surface area contributed by atoms with E-state index in [0.29, 0.717) is 22.5 Å². The number of hydrogen-bond acceptors (Lipinski definition) is 4. The third-order valence-corrected chi connectivity index (χ3v) is 4.23. The monoisotopic (exact) mass is 353 g/mol. The van der Waals surface area contributed by atoms with Gasteiger partial charge in [-0.3, -0.25) is 15.0 Å². The number of carbonyl (C=O) groups is 1. The predicted molar refractivity (Wildman–Crippen MR) is 103 cm³/mol. The van der Waals surface area contributed by atoms with Crippen LogP contribution in [0, 0.1) is 0 Å². The van der Waals surface area contributed by atoms with Crippen LogP contribution in [0.4, 0.5) is 0 Å². The lowest BCUT2D eigenvalue weighted by atomic mass is 9.95. The van der Waals surface area contributed by atoms with Gasteiger partial charge in [0.1, 0.15) is 0 Å². The van der Waals surface area contributed by atoms with Crippen LogP contribution in [0.2, 0.25) is 0 Å². The van der Waals surface area contributed by atoms with E-state index in [-0.39, 0.29) is 5.56 Å². The average Bonchev–Trinajstić information content (AvgIpc) is 2.74. The molecule has 0 atom stereocenters. The first-order valence-electron chi connectivity index (χ1n) is 8.40. The van der Waals surface area contributed by atoms with Crippen molar-refractivity contribution >= 4 is 5.97 Å². The summed E-state index contributed by atoms with van der Waals surface area (Å²) in [6, 6.07) is 20.0. The van der Waals surface area contributed by atoms with Gasteiger partial charge in [-0.05, 0) is 42.0 Å². The van der Waals surface area contributed by atoms with Crippen LogP contribution in [0.15, 0.2) is 85.3 Å². The summed E-state index contributed by atoms with van der Waals surface area (Å²) in [5.41, 5.74) is 4.44. The van der Waals surface area contributed by atoms with Crippen LogP contribution in [-0.4, -0.2) is 26.0 Å². The van der Waals surface area contributed by atoms with Crippen molar-refractivity contribution in [2.75, 3.05) is 0 Å². The zero-order valence-corrected chi connectivity index (χ0v) is 14.3. The van der Waals surface area contributed by atoms with Crippen molar-refractivity contribution in [1.82, 2.24) is 15.0 Å². The van der Waals surface area contributed by atoms with Crippen molar-refractivity contribution in [3.63, 3.8) is 0 Å². The Bertz CT molecular complexity index is 1110. The lowest BCUT2D eigenvalue weighted by molar-refractivity contribution is 0.0697. The molecule has 0 fully saturated rings. The Balaban J connectivity index is 1.96. The van der Waals surface area contributed by atoms with Gasteiger partial charge in [0.25, 0.3) is 0 Å². The third-order valence-electron chi connectivity index (χ3n) is 4.23. The van der Waals surface area contributed by atoms with Crippen molar-refractivity contribution in [2.24, 2.45) is 0 Å². The molecule has 130 valence electrons. The number of carboxylic acid groups (broad SMARTS) is 1. The summed E-state index contributed by atoms with van der Waals surface area (Å²) in [5.74, 6) is -0.980. The molecule has 0 radical (unpaired) electrons. The molecule has 0 aliphatic carbocycles. The maximum atomic E-state index is 11.7. The van der Waals surface area contributed by atoms with E-state index in [1.165, 1.54) is 0 Å². The molecule has 27 heavy (non-hydrogen) atoms. The molecule has 3 heterocycles. The molecule has 0 spiro atoms. The first-order chi connectivity index (χ1) is 13.3. The van der Waals surface area contributed by atoms with Gasteiger partial charge in [-0.25, -0.2) is 4.79 Å². The van der Waals surface area contributed by atoms with Crippen molar-refractivity contribution in [2.45, 2.75) is 0 Å². The summed E-state index contributed by atoms with van der Waals surface area (Å²) in [6.07, 6.45) is 5.10. The number of rotatable bonds is 4. The van der Waals surface area contributed by atoms with Crippen molar-refractivity contribution in [3.05, 3.63) is 90.9 Å². The van der Waals surface area contributed by atoms with E-state index in [9.17, 15) is 9.90 Å². The second-order valence-electron chi connectivity index (χ2n) is 5.86. The van der Waals surface area contributed by atoms with E-state index in [1.54, 1.807) is 42.9 Å². The summed E-state index contributed by atoms with van der Waals surface area (Å²) < 4.78 is 0. The topological polar surface area (TPSA) is 76.0 Å². The lowest BCUT2D eigenvalue weighted by Crippen LogP contribution is -2.01. The average molecular weight is 353 g/mol. The molecule has 3 aromatic heterocycles. The number of hydrogen-bond donors (Lipinski definition) is 1. The molecule has 4 rings (SSSR count). The number of pyridine rings is 3. The Labute approximate surface area is 156 Å². The highest BCUT2D eigenvalue weighted by Gasteiger charge is 2.18.